The Hall–Kier alpha value is -0.400. The molecule has 0 aliphatic carbocycles. The van der Waals surface area contributed by atoms with Gasteiger partial charge in [-0.2, -0.15) is 12.6 Å². The number of nitrogens with zero attached hydrogens (tertiary/aromatic N) is 1. The largest absolute Gasteiger partial charge is 0.360 e. The maximum absolute atomic E-state index is 11.1. The van der Waals surface area contributed by atoms with Crippen LogP contribution in [0.3, 0.4) is 0 Å². The van der Waals surface area contributed by atoms with Gasteiger partial charge in [0.1, 0.15) is 5.82 Å². The van der Waals surface area contributed by atoms with Crippen LogP contribution in [0.1, 0.15) is 12.0 Å². The van der Waals surface area contributed by atoms with E-state index in [1.54, 1.807) is 6.07 Å². The molecular formula is C9H16N2O6P2S. The summed E-state index contributed by atoms with van der Waals surface area (Å²) >= 11 is 4.07. The summed E-state index contributed by atoms with van der Waals surface area (Å²) < 4.78 is 22.2. The normalized spacial score (nSPS) is 12.7. The Kier molecular flexibility index (Phi) is 6.22. The number of nitrogens with one attached hydrogen (secondary N) is 1. The number of thiol groups is 1. The maximum atomic E-state index is 11.1. The van der Waals surface area contributed by atoms with Gasteiger partial charge in [0.05, 0.1) is 0 Å². The molecule has 0 fully saturated rings. The summed E-state index contributed by atoms with van der Waals surface area (Å²) in [7, 11) is -10.0. The first-order valence-electron chi connectivity index (χ1n) is 5.57. The highest BCUT2D eigenvalue weighted by Gasteiger charge is 2.43. The van der Waals surface area contributed by atoms with Gasteiger partial charge in [-0.05, 0) is 30.2 Å². The topological polar surface area (TPSA) is 140 Å². The van der Waals surface area contributed by atoms with E-state index in [1.807, 2.05) is 0 Å². The lowest BCUT2D eigenvalue weighted by Crippen LogP contribution is -2.20. The van der Waals surface area contributed by atoms with Crippen molar-refractivity contribution in [1.82, 2.24) is 4.98 Å². The van der Waals surface area contributed by atoms with Gasteiger partial charge in [0.25, 0.3) is 0 Å². The first kappa shape index (κ1) is 17.7. The monoisotopic (exact) mass is 342 g/mol. The van der Waals surface area contributed by atoms with Gasteiger partial charge in [-0.3, -0.25) is 9.13 Å². The zero-order valence-electron chi connectivity index (χ0n) is 10.3. The number of aryl methyl sites for hydroxylation is 1. The lowest BCUT2D eigenvalue weighted by Gasteiger charge is -2.21. The zero-order chi connectivity index (χ0) is 15.4. The predicted molar refractivity (Wildman–Crippen MR) is 77.9 cm³/mol. The Morgan fingerprint density at radius 2 is 1.80 bits per heavy atom. The second-order valence-corrected chi connectivity index (χ2v) is 8.32. The molecule has 0 saturated heterocycles. The first-order chi connectivity index (χ1) is 9.14. The van der Waals surface area contributed by atoms with E-state index >= 15 is 0 Å². The molecule has 0 radical (unpaired) electrons. The molecule has 0 bridgehead atoms. The average molecular weight is 342 g/mol. The van der Waals surface area contributed by atoms with Gasteiger partial charge < -0.3 is 24.9 Å². The molecule has 5 N–H and O–H groups in total. The first-order valence-corrected chi connectivity index (χ1v) is 9.57. The summed E-state index contributed by atoms with van der Waals surface area (Å²) in [6, 6.07) is 3.07. The van der Waals surface area contributed by atoms with Crippen LogP contribution in [0.2, 0.25) is 0 Å². The van der Waals surface area contributed by atoms with E-state index in [-0.39, 0.29) is 5.82 Å². The van der Waals surface area contributed by atoms with Crippen LogP contribution in [0.15, 0.2) is 18.3 Å². The van der Waals surface area contributed by atoms with Crippen molar-refractivity contribution in [2.45, 2.75) is 18.4 Å². The summed E-state index contributed by atoms with van der Waals surface area (Å²) in [4.78, 5) is 39.7. The van der Waals surface area contributed by atoms with Gasteiger partial charge in [0.15, 0.2) is 0 Å². The number of hydrogen-bond acceptors (Lipinski definition) is 5. The van der Waals surface area contributed by atoms with Gasteiger partial charge in [0, 0.05) is 6.20 Å². The van der Waals surface area contributed by atoms with Gasteiger partial charge in [-0.15, -0.1) is 0 Å². The second-order valence-electron chi connectivity index (χ2n) is 4.08. The lowest BCUT2D eigenvalue weighted by molar-refractivity contribution is 0.343. The molecule has 0 aliphatic rings. The molecule has 1 heterocycles. The van der Waals surface area contributed by atoms with Gasteiger partial charge in [0.2, 0.25) is 5.52 Å². The minimum absolute atomic E-state index is 0.0173. The van der Waals surface area contributed by atoms with E-state index in [0.29, 0.717) is 0 Å². The molecule has 20 heavy (non-hydrogen) atoms. The number of anilines is 1. The van der Waals surface area contributed by atoms with Crippen LogP contribution in [0, 0.1) is 0 Å². The van der Waals surface area contributed by atoms with Crippen LogP contribution in [0.4, 0.5) is 5.82 Å². The minimum Gasteiger partial charge on any atom is -0.346 e. The summed E-state index contributed by atoms with van der Waals surface area (Å²) in [5.74, 6) is 0.703. The van der Waals surface area contributed by atoms with Crippen molar-refractivity contribution in [3.8, 4) is 0 Å². The molecule has 0 aliphatic heterocycles. The van der Waals surface area contributed by atoms with Crippen molar-refractivity contribution in [2.24, 2.45) is 0 Å². The Morgan fingerprint density at radius 1 is 1.20 bits per heavy atom. The van der Waals surface area contributed by atoms with Crippen LogP contribution in [-0.4, -0.2) is 35.8 Å². The number of pyridine rings is 1. The predicted octanol–water partition coefficient (Wildman–Crippen LogP) is 0.995. The molecule has 1 aromatic rings. The SMILES string of the molecule is O=P(O)(O)C(Nc1ccc(CCCS)cn1)P(=O)(O)O. The fraction of sp³-hybridized carbons (Fsp3) is 0.444. The molecule has 114 valence electrons. The summed E-state index contributed by atoms with van der Waals surface area (Å²) in [5, 5.41) is 2.09. The zero-order valence-corrected chi connectivity index (χ0v) is 13.0. The summed E-state index contributed by atoms with van der Waals surface area (Å²) in [6.07, 6.45) is 3.07. The Balaban J connectivity index is 2.85. The fourth-order valence-corrected chi connectivity index (χ4v) is 3.76. The molecule has 0 amide bonds. The Morgan fingerprint density at radius 3 is 2.20 bits per heavy atom. The maximum Gasteiger partial charge on any atom is 0.360 e. The summed E-state index contributed by atoms with van der Waals surface area (Å²) in [5.41, 5.74) is -1.40. The van der Waals surface area contributed by atoms with E-state index in [9.17, 15) is 9.13 Å². The third kappa shape index (κ3) is 5.54. The molecule has 8 nitrogen and oxygen atoms in total. The molecule has 1 aromatic heterocycles. The Labute approximate surface area is 121 Å². The van der Waals surface area contributed by atoms with E-state index < -0.39 is 20.7 Å². The Bertz CT molecular complexity index is 506. The molecule has 0 saturated carbocycles. The fourth-order valence-electron chi connectivity index (χ4n) is 1.44. The molecule has 0 aromatic carbocycles. The number of hydrogen-bond donors (Lipinski definition) is 6. The summed E-state index contributed by atoms with van der Waals surface area (Å²) in [6.45, 7) is 0. The lowest BCUT2D eigenvalue weighted by atomic mass is 10.2. The highest BCUT2D eigenvalue weighted by Crippen LogP contribution is 2.59. The van der Waals surface area contributed by atoms with Gasteiger partial charge >= 0.3 is 15.2 Å². The van der Waals surface area contributed by atoms with Crippen molar-refractivity contribution in [3.63, 3.8) is 0 Å². The average Bonchev–Trinajstić information content (AvgIpc) is 2.32. The third-order valence-electron chi connectivity index (χ3n) is 2.36. The van der Waals surface area contributed by atoms with Crippen LogP contribution < -0.4 is 5.32 Å². The molecule has 11 heteroatoms. The van der Waals surface area contributed by atoms with Crippen molar-refractivity contribution < 1.29 is 28.7 Å². The van der Waals surface area contributed by atoms with E-state index in [0.717, 1.165) is 24.2 Å². The van der Waals surface area contributed by atoms with Crippen molar-refractivity contribution in [2.75, 3.05) is 11.1 Å². The van der Waals surface area contributed by atoms with Crippen LogP contribution in [0.5, 0.6) is 0 Å². The van der Waals surface area contributed by atoms with Gasteiger partial charge in [-0.1, -0.05) is 6.07 Å². The minimum atomic E-state index is -5.02. The quantitative estimate of drug-likeness (QED) is 0.318. The highest BCUT2D eigenvalue weighted by atomic mass is 32.1. The second kappa shape index (κ2) is 7.04. The molecule has 0 atom stereocenters. The van der Waals surface area contributed by atoms with Crippen LogP contribution in [-0.2, 0) is 15.6 Å². The van der Waals surface area contributed by atoms with Crippen molar-refractivity contribution >= 4 is 33.6 Å². The van der Waals surface area contributed by atoms with Gasteiger partial charge in [-0.25, -0.2) is 4.98 Å². The third-order valence-corrected chi connectivity index (χ3v) is 6.02. The van der Waals surface area contributed by atoms with E-state index in [4.69, 9.17) is 19.6 Å². The highest BCUT2D eigenvalue weighted by molar-refractivity contribution is 7.80. The number of rotatable bonds is 7. The standard InChI is InChI=1S/C9H16N2O6P2S/c12-18(13,14)9(19(15,16)17)11-8-4-3-7(6-10-8)2-1-5-20/h3-4,6,9,20H,1-2,5H2,(H,10,11)(H2,12,13,14)(H2,15,16,17). The van der Waals surface area contributed by atoms with E-state index in [2.05, 4.69) is 22.9 Å². The van der Waals surface area contributed by atoms with E-state index in [1.165, 1.54) is 12.3 Å². The van der Waals surface area contributed by atoms with Crippen LogP contribution in [0.25, 0.3) is 0 Å². The van der Waals surface area contributed by atoms with Crippen LogP contribution >= 0.6 is 27.8 Å². The van der Waals surface area contributed by atoms with Crippen molar-refractivity contribution in [1.29, 1.82) is 0 Å². The molecular weight excluding hydrogens is 326 g/mol. The molecule has 0 unspecified atom stereocenters. The molecule has 0 spiro atoms. The molecule has 1 rings (SSSR count). The van der Waals surface area contributed by atoms with Crippen molar-refractivity contribution in [3.05, 3.63) is 23.9 Å². The smallest absolute Gasteiger partial charge is 0.346 e. The number of aromatic nitrogens is 1.